The quantitative estimate of drug-likeness (QED) is 0.779. The number of hydrogen-bond acceptors (Lipinski definition) is 5. The first kappa shape index (κ1) is 13.7. The van der Waals surface area contributed by atoms with Crippen LogP contribution in [0.1, 0.15) is 24.2 Å². The molecule has 1 aromatic rings. The van der Waals surface area contributed by atoms with Crippen LogP contribution in [-0.2, 0) is 11.3 Å². The Morgan fingerprint density at radius 1 is 1.53 bits per heavy atom. The van der Waals surface area contributed by atoms with Crippen LogP contribution in [0.2, 0.25) is 0 Å². The van der Waals surface area contributed by atoms with Crippen molar-refractivity contribution in [1.29, 1.82) is 0 Å². The van der Waals surface area contributed by atoms with Gasteiger partial charge in [-0.25, -0.2) is 0 Å². The van der Waals surface area contributed by atoms with Crippen molar-refractivity contribution in [2.24, 2.45) is 5.73 Å². The van der Waals surface area contributed by atoms with Gasteiger partial charge in [-0.15, -0.1) is 6.58 Å². The highest BCUT2D eigenvalue weighted by atomic mass is 19.4. The van der Waals surface area contributed by atoms with Gasteiger partial charge < -0.3 is 15.0 Å². The summed E-state index contributed by atoms with van der Waals surface area (Å²) in [4.78, 5) is 3.81. The fourth-order valence-corrected chi connectivity index (χ4v) is 1.02. The molecule has 0 aliphatic rings. The SMILES string of the molecule is C=CCC(N)c1nc(COCC(F)(F)F)no1. The summed E-state index contributed by atoms with van der Waals surface area (Å²) in [5, 5.41) is 3.45. The van der Waals surface area contributed by atoms with Crippen molar-refractivity contribution in [2.75, 3.05) is 6.61 Å². The molecule has 0 fully saturated rings. The van der Waals surface area contributed by atoms with Crippen LogP contribution in [0.25, 0.3) is 0 Å². The Bertz CT molecular complexity index is 365. The third-order valence-corrected chi connectivity index (χ3v) is 1.72. The second-order valence-electron chi connectivity index (χ2n) is 3.29. The second kappa shape index (κ2) is 5.78. The van der Waals surface area contributed by atoms with Gasteiger partial charge in [0.2, 0.25) is 5.89 Å². The molecule has 1 heterocycles. The first-order chi connectivity index (χ1) is 7.92. The number of nitrogens with two attached hydrogens (primary N) is 1. The van der Waals surface area contributed by atoms with Crippen LogP contribution in [0.3, 0.4) is 0 Å². The van der Waals surface area contributed by atoms with Gasteiger partial charge in [0.1, 0.15) is 13.2 Å². The first-order valence-corrected chi connectivity index (χ1v) is 4.76. The number of rotatable bonds is 6. The Labute approximate surface area is 95.4 Å². The Kier molecular flexibility index (Phi) is 4.64. The number of hydrogen-bond donors (Lipinski definition) is 1. The van der Waals surface area contributed by atoms with Gasteiger partial charge in [-0.2, -0.15) is 18.2 Å². The van der Waals surface area contributed by atoms with Gasteiger partial charge in [0.25, 0.3) is 0 Å². The van der Waals surface area contributed by atoms with Crippen molar-refractivity contribution >= 4 is 0 Å². The lowest BCUT2D eigenvalue weighted by Crippen LogP contribution is -2.17. The Balaban J connectivity index is 2.43. The third-order valence-electron chi connectivity index (χ3n) is 1.72. The molecule has 0 saturated heterocycles. The summed E-state index contributed by atoms with van der Waals surface area (Å²) in [6, 6.07) is -0.503. The van der Waals surface area contributed by atoms with E-state index in [0.717, 1.165) is 0 Å². The Morgan fingerprint density at radius 2 is 2.24 bits per heavy atom. The van der Waals surface area contributed by atoms with Crippen molar-refractivity contribution in [3.63, 3.8) is 0 Å². The minimum Gasteiger partial charge on any atom is -0.364 e. The number of nitrogens with zero attached hydrogens (tertiary/aromatic N) is 2. The Hall–Kier alpha value is -1.41. The van der Waals surface area contributed by atoms with Gasteiger partial charge in [-0.3, -0.25) is 0 Å². The zero-order chi connectivity index (χ0) is 12.9. The zero-order valence-electron chi connectivity index (χ0n) is 8.91. The van der Waals surface area contributed by atoms with E-state index < -0.39 is 18.8 Å². The molecule has 17 heavy (non-hydrogen) atoms. The summed E-state index contributed by atoms with van der Waals surface area (Å²) in [6.07, 6.45) is -2.36. The van der Waals surface area contributed by atoms with E-state index in [2.05, 4.69) is 21.5 Å². The summed E-state index contributed by atoms with van der Waals surface area (Å²) in [7, 11) is 0. The number of aromatic nitrogens is 2. The van der Waals surface area contributed by atoms with E-state index in [4.69, 9.17) is 10.3 Å². The molecule has 96 valence electrons. The number of ether oxygens (including phenoxy) is 1. The number of halogens is 3. The van der Waals surface area contributed by atoms with Crippen molar-refractivity contribution in [3.05, 3.63) is 24.4 Å². The molecule has 1 aromatic heterocycles. The molecule has 0 amide bonds. The predicted molar refractivity (Wildman–Crippen MR) is 51.8 cm³/mol. The van der Waals surface area contributed by atoms with E-state index in [0.29, 0.717) is 6.42 Å². The Morgan fingerprint density at radius 3 is 2.82 bits per heavy atom. The van der Waals surface area contributed by atoms with Crippen LogP contribution in [0.5, 0.6) is 0 Å². The van der Waals surface area contributed by atoms with Crippen molar-refractivity contribution in [1.82, 2.24) is 10.1 Å². The lowest BCUT2D eigenvalue weighted by molar-refractivity contribution is -0.177. The van der Waals surface area contributed by atoms with Crippen LogP contribution in [0.4, 0.5) is 13.2 Å². The molecule has 1 unspecified atom stereocenters. The highest BCUT2D eigenvalue weighted by molar-refractivity contribution is 4.93. The summed E-state index contributed by atoms with van der Waals surface area (Å²) in [5.74, 6) is 0.180. The summed E-state index contributed by atoms with van der Waals surface area (Å²) < 4.78 is 44.4. The predicted octanol–water partition coefficient (Wildman–Crippen LogP) is 1.72. The molecule has 0 spiro atoms. The van der Waals surface area contributed by atoms with Crippen molar-refractivity contribution in [3.8, 4) is 0 Å². The van der Waals surface area contributed by atoms with Gasteiger partial charge in [0, 0.05) is 0 Å². The first-order valence-electron chi connectivity index (χ1n) is 4.76. The average Bonchev–Trinajstić information content (AvgIpc) is 2.65. The van der Waals surface area contributed by atoms with E-state index in [1.54, 1.807) is 6.08 Å². The lowest BCUT2D eigenvalue weighted by atomic mass is 10.2. The maximum atomic E-state index is 11.8. The largest absolute Gasteiger partial charge is 0.411 e. The standard InChI is InChI=1S/C9H12F3N3O2/c1-2-3-6(13)8-14-7(15-17-8)4-16-5-9(10,11)12/h2,6H,1,3-5,13H2. The van der Waals surface area contributed by atoms with Crippen LogP contribution in [0, 0.1) is 0 Å². The smallest absolute Gasteiger partial charge is 0.364 e. The topological polar surface area (TPSA) is 74.2 Å². The minimum absolute atomic E-state index is 0.0313. The molecule has 1 atom stereocenters. The van der Waals surface area contributed by atoms with Crippen molar-refractivity contribution < 1.29 is 22.4 Å². The third kappa shape index (κ3) is 4.96. The average molecular weight is 251 g/mol. The monoisotopic (exact) mass is 251 g/mol. The molecule has 2 N–H and O–H groups in total. The maximum Gasteiger partial charge on any atom is 0.411 e. The van der Waals surface area contributed by atoms with E-state index in [-0.39, 0.29) is 18.3 Å². The molecule has 0 radical (unpaired) electrons. The molecule has 8 heteroatoms. The molecule has 0 aliphatic carbocycles. The molecular formula is C9H12F3N3O2. The van der Waals surface area contributed by atoms with Gasteiger partial charge >= 0.3 is 6.18 Å². The van der Waals surface area contributed by atoms with E-state index >= 15 is 0 Å². The van der Waals surface area contributed by atoms with E-state index in [1.807, 2.05) is 0 Å². The highest BCUT2D eigenvalue weighted by Gasteiger charge is 2.27. The van der Waals surface area contributed by atoms with Gasteiger partial charge in [0.15, 0.2) is 5.82 Å². The van der Waals surface area contributed by atoms with E-state index in [1.165, 1.54) is 0 Å². The van der Waals surface area contributed by atoms with Crippen LogP contribution >= 0.6 is 0 Å². The summed E-state index contributed by atoms with van der Waals surface area (Å²) in [5.41, 5.74) is 5.63. The van der Waals surface area contributed by atoms with Crippen LogP contribution < -0.4 is 5.73 Å². The molecular weight excluding hydrogens is 239 g/mol. The fourth-order valence-electron chi connectivity index (χ4n) is 1.02. The van der Waals surface area contributed by atoms with Gasteiger partial charge in [0.05, 0.1) is 6.04 Å². The second-order valence-corrected chi connectivity index (χ2v) is 3.29. The normalized spacial score (nSPS) is 13.6. The molecule has 0 aromatic carbocycles. The zero-order valence-corrected chi connectivity index (χ0v) is 8.91. The minimum atomic E-state index is -4.37. The molecule has 1 rings (SSSR count). The van der Waals surface area contributed by atoms with Gasteiger partial charge in [-0.05, 0) is 6.42 Å². The van der Waals surface area contributed by atoms with Gasteiger partial charge in [-0.1, -0.05) is 11.2 Å². The molecule has 5 nitrogen and oxygen atoms in total. The lowest BCUT2D eigenvalue weighted by Gasteiger charge is -2.04. The maximum absolute atomic E-state index is 11.8. The highest BCUT2D eigenvalue weighted by Crippen LogP contribution is 2.16. The molecule has 0 bridgehead atoms. The van der Waals surface area contributed by atoms with Crippen LogP contribution in [-0.4, -0.2) is 22.9 Å². The number of alkyl halides is 3. The van der Waals surface area contributed by atoms with E-state index in [9.17, 15) is 13.2 Å². The fraction of sp³-hybridized carbons (Fsp3) is 0.556. The van der Waals surface area contributed by atoms with Crippen molar-refractivity contribution in [2.45, 2.75) is 25.2 Å². The molecule has 0 aliphatic heterocycles. The van der Waals surface area contributed by atoms with Crippen LogP contribution in [0.15, 0.2) is 17.2 Å². The molecule has 0 saturated carbocycles. The summed E-state index contributed by atoms with van der Waals surface area (Å²) in [6.45, 7) is 1.77. The summed E-state index contributed by atoms with van der Waals surface area (Å²) >= 11 is 0.